The Labute approximate surface area is 123 Å². The van der Waals surface area contributed by atoms with Crippen LogP contribution in [-0.4, -0.2) is 6.54 Å². The van der Waals surface area contributed by atoms with E-state index in [-0.39, 0.29) is 0 Å². The highest BCUT2D eigenvalue weighted by Gasteiger charge is 2.12. The van der Waals surface area contributed by atoms with E-state index in [0.29, 0.717) is 0 Å². The van der Waals surface area contributed by atoms with E-state index in [9.17, 15) is 0 Å². The predicted molar refractivity (Wildman–Crippen MR) is 90.4 cm³/mol. The molecule has 0 bridgehead atoms. The summed E-state index contributed by atoms with van der Waals surface area (Å²) >= 11 is 0. The summed E-state index contributed by atoms with van der Waals surface area (Å²) in [5.74, 6) is 0.880. The maximum atomic E-state index is 3.61. The van der Waals surface area contributed by atoms with E-state index >= 15 is 0 Å². The highest BCUT2D eigenvalue weighted by Crippen LogP contribution is 2.25. The highest BCUT2D eigenvalue weighted by molar-refractivity contribution is 5.85. The first-order chi connectivity index (χ1) is 9.92. The maximum Gasteiger partial charge on any atom is 0.0346 e. The summed E-state index contributed by atoms with van der Waals surface area (Å²) in [5.41, 5.74) is 1.26. The third kappa shape index (κ3) is 4.00. The molecule has 0 amide bonds. The summed E-state index contributed by atoms with van der Waals surface area (Å²) < 4.78 is 0. The van der Waals surface area contributed by atoms with Gasteiger partial charge in [0.05, 0.1) is 0 Å². The average Bonchev–Trinajstić information content (AvgIpc) is 2.55. The van der Waals surface area contributed by atoms with Gasteiger partial charge in [0, 0.05) is 12.2 Å². The normalized spacial score (nSPS) is 15.5. The molecule has 0 aromatic heterocycles. The fraction of sp³-hybridized carbons (Fsp3) is 0.474. The number of fused-ring (bicyclic) bond motifs is 1. The van der Waals surface area contributed by atoms with Crippen LogP contribution in [0.2, 0.25) is 0 Å². The monoisotopic (exact) mass is 269 g/mol. The van der Waals surface area contributed by atoms with Crippen LogP contribution < -0.4 is 5.32 Å². The number of anilines is 1. The second-order valence-corrected chi connectivity index (χ2v) is 5.45. The SMILES string of the molecule is CC.c1ccc2cc(NCC3CCCCC3)ccc2c1. The largest absolute Gasteiger partial charge is 0.385 e. The van der Waals surface area contributed by atoms with Crippen molar-refractivity contribution < 1.29 is 0 Å². The van der Waals surface area contributed by atoms with Gasteiger partial charge in [0.15, 0.2) is 0 Å². The summed E-state index contributed by atoms with van der Waals surface area (Å²) in [7, 11) is 0. The summed E-state index contributed by atoms with van der Waals surface area (Å²) in [4.78, 5) is 0. The molecule has 1 N–H and O–H groups in total. The molecule has 0 radical (unpaired) electrons. The van der Waals surface area contributed by atoms with Gasteiger partial charge in [-0.3, -0.25) is 0 Å². The Hall–Kier alpha value is -1.50. The highest BCUT2D eigenvalue weighted by atomic mass is 14.9. The fourth-order valence-electron chi connectivity index (χ4n) is 2.95. The molecule has 2 aromatic carbocycles. The van der Waals surface area contributed by atoms with Crippen LogP contribution >= 0.6 is 0 Å². The van der Waals surface area contributed by atoms with E-state index in [1.165, 1.54) is 48.6 Å². The Balaban J connectivity index is 0.000000704. The minimum absolute atomic E-state index is 0.880. The molecule has 1 nitrogen and oxygen atoms in total. The van der Waals surface area contributed by atoms with E-state index in [4.69, 9.17) is 0 Å². The second kappa shape index (κ2) is 7.94. The Bertz CT molecular complexity index is 512. The Morgan fingerprint density at radius 2 is 1.60 bits per heavy atom. The molecular formula is C19H27N. The molecule has 0 saturated heterocycles. The topological polar surface area (TPSA) is 12.0 Å². The Kier molecular flexibility index (Phi) is 5.91. The molecule has 0 atom stereocenters. The molecule has 0 unspecified atom stereocenters. The zero-order chi connectivity index (χ0) is 14.2. The summed E-state index contributed by atoms with van der Waals surface area (Å²) in [6, 6.07) is 15.2. The molecule has 1 saturated carbocycles. The zero-order valence-electron chi connectivity index (χ0n) is 12.9. The number of rotatable bonds is 3. The molecular weight excluding hydrogens is 242 g/mol. The van der Waals surface area contributed by atoms with E-state index in [0.717, 1.165) is 12.5 Å². The van der Waals surface area contributed by atoms with Gasteiger partial charge in [-0.25, -0.2) is 0 Å². The number of benzene rings is 2. The van der Waals surface area contributed by atoms with Crippen LogP contribution in [0.25, 0.3) is 10.8 Å². The molecule has 1 aliphatic rings. The van der Waals surface area contributed by atoms with Gasteiger partial charge in [-0.2, -0.15) is 0 Å². The van der Waals surface area contributed by atoms with Crippen LogP contribution in [0.15, 0.2) is 42.5 Å². The minimum atomic E-state index is 0.880. The van der Waals surface area contributed by atoms with E-state index in [1.54, 1.807) is 0 Å². The quantitative estimate of drug-likeness (QED) is 0.736. The Morgan fingerprint density at radius 3 is 2.35 bits per heavy atom. The third-order valence-corrected chi connectivity index (χ3v) is 4.07. The smallest absolute Gasteiger partial charge is 0.0346 e. The van der Waals surface area contributed by atoms with Gasteiger partial charge in [-0.05, 0) is 41.7 Å². The molecule has 0 spiro atoms. The van der Waals surface area contributed by atoms with E-state index in [1.807, 2.05) is 13.8 Å². The van der Waals surface area contributed by atoms with Crippen LogP contribution in [0, 0.1) is 5.92 Å². The molecule has 1 fully saturated rings. The van der Waals surface area contributed by atoms with Gasteiger partial charge in [-0.15, -0.1) is 0 Å². The molecule has 3 rings (SSSR count). The zero-order valence-corrected chi connectivity index (χ0v) is 12.9. The molecule has 1 aliphatic carbocycles. The van der Waals surface area contributed by atoms with Crippen molar-refractivity contribution in [3.05, 3.63) is 42.5 Å². The van der Waals surface area contributed by atoms with Gasteiger partial charge in [0.1, 0.15) is 0 Å². The van der Waals surface area contributed by atoms with Gasteiger partial charge >= 0.3 is 0 Å². The summed E-state index contributed by atoms with van der Waals surface area (Å²) in [5, 5.41) is 6.25. The van der Waals surface area contributed by atoms with E-state index in [2.05, 4.69) is 47.8 Å². The lowest BCUT2D eigenvalue weighted by Gasteiger charge is -2.22. The van der Waals surface area contributed by atoms with Gasteiger partial charge < -0.3 is 5.32 Å². The number of nitrogens with one attached hydrogen (secondary N) is 1. The second-order valence-electron chi connectivity index (χ2n) is 5.45. The maximum absolute atomic E-state index is 3.61. The molecule has 20 heavy (non-hydrogen) atoms. The number of hydrogen-bond donors (Lipinski definition) is 1. The van der Waals surface area contributed by atoms with Crippen LogP contribution in [0.4, 0.5) is 5.69 Å². The van der Waals surface area contributed by atoms with Crippen LogP contribution in [0.5, 0.6) is 0 Å². The van der Waals surface area contributed by atoms with Crippen molar-refractivity contribution in [3.63, 3.8) is 0 Å². The lowest BCUT2D eigenvalue weighted by atomic mass is 9.89. The van der Waals surface area contributed by atoms with Crippen molar-refractivity contribution in [2.75, 3.05) is 11.9 Å². The van der Waals surface area contributed by atoms with Gasteiger partial charge in [0.2, 0.25) is 0 Å². The van der Waals surface area contributed by atoms with Crippen molar-refractivity contribution >= 4 is 16.5 Å². The van der Waals surface area contributed by atoms with Crippen molar-refractivity contribution in [3.8, 4) is 0 Å². The number of hydrogen-bond acceptors (Lipinski definition) is 1. The van der Waals surface area contributed by atoms with Crippen molar-refractivity contribution in [1.29, 1.82) is 0 Å². The first-order valence-corrected chi connectivity index (χ1v) is 8.14. The van der Waals surface area contributed by atoms with Crippen molar-refractivity contribution in [2.24, 2.45) is 5.92 Å². The molecule has 2 aromatic rings. The lowest BCUT2D eigenvalue weighted by molar-refractivity contribution is 0.373. The summed E-state index contributed by atoms with van der Waals surface area (Å²) in [6.07, 6.45) is 7.09. The van der Waals surface area contributed by atoms with E-state index < -0.39 is 0 Å². The van der Waals surface area contributed by atoms with Crippen molar-refractivity contribution in [1.82, 2.24) is 0 Å². The van der Waals surface area contributed by atoms with Crippen molar-refractivity contribution in [2.45, 2.75) is 46.0 Å². The predicted octanol–water partition coefficient (Wildman–Crippen LogP) is 5.86. The third-order valence-electron chi connectivity index (χ3n) is 4.07. The Morgan fingerprint density at radius 1 is 0.900 bits per heavy atom. The fourth-order valence-corrected chi connectivity index (χ4v) is 2.95. The molecule has 0 heterocycles. The molecule has 1 heteroatoms. The van der Waals surface area contributed by atoms with Crippen LogP contribution in [-0.2, 0) is 0 Å². The molecule has 108 valence electrons. The minimum Gasteiger partial charge on any atom is -0.385 e. The van der Waals surface area contributed by atoms with Gasteiger partial charge in [-0.1, -0.05) is 63.4 Å². The first kappa shape index (κ1) is 14.9. The van der Waals surface area contributed by atoms with Crippen LogP contribution in [0.3, 0.4) is 0 Å². The van der Waals surface area contributed by atoms with Crippen LogP contribution in [0.1, 0.15) is 46.0 Å². The standard InChI is InChI=1S/C17H21N.C2H6/c1-2-6-14(7-3-1)13-18-17-11-10-15-8-4-5-9-16(15)12-17;1-2/h4-5,8-12,14,18H,1-3,6-7,13H2;1-2H3. The van der Waals surface area contributed by atoms with Gasteiger partial charge in [0.25, 0.3) is 0 Å². The molecule has 0 aliphatic heterocycles. The first-order valence-electron chi connectivity index (χ1n) is 8.14. The summed E-state index contributed by atoms with van der Waals surface area (Å²) in [6.45, 7) is 5.14. The lowest BCUT2D eigenvalue weighted by Crippen LogP contribution is -2.16. The average molecular weight is 269 g/mol.